The molecular formula is C11H14ClN3O3. The molecule has 1 rings (SSSR count). The van der Waals surface area contributed by atoms with E-state index < -0.39 is 5.97 Å². The number of anilines is 1. The minimum atomic E-state index is -0.857. The van der Waals surface area contributed by atoms with Gasteiger partial charge in [0.25, 0.3) is 0 Å². The Morgan fingerprint density at radius 1 is 1.33 bits per heavy atom. The Kier molecular flexibility index (Phi) is 5.51. The van der Waals surface area contributed by atoms with Crippen LogP contribution in [0, 0.1) is 6.92 Å². The Hall–Kier alpha value is -1.69. The number of aryl methyl sites for hydroxylation is 1. The SMILES string of the molecule is Cc1cc(Cl)nc(NC(=O)CCCCC(=O)O)n1. The number of carbonyl (C=O) groups excluding carboxylic acids is 1. The predicted octanol–water partition coefficient (Wildman–Crippen LogP) is 2.02. The van der Waals surface area contributed by atoms with Crippen LogP contribution in [0.15, 0.2) is 6.07 Å². The molecule has 0 spiro atoms. The second kappa shape index (κ2) is 6.90. The van der Waals surface area contributed by atoms with Crippen LogP contribution < -0.4 is 5.32 Å². The second-order valence-electron chi connectivity index (χ2n) is 3.80. The molecule has 1 aromatic heterocycles. The van der Waals surface area contributed by atoms with Gasteiger partial charge in [-0.25, -0.2) is 9.97 Å². The largest absolute Gasteiger partial charge is 0.481 e. The van der Waals surface area contributed by atoms with E-state index in [1.165, 1.54) is 0 Å². The molecule has 0 saturated carbocycles. The van der Waals surface area contributed by atoms with Gasteiger partial charge in [-0.2, -0.15) is 0 Å². The van der Waals surface area contributed by atoms with Gasteiger partial charge in [-0.3, -0.25) is 14.9 Å². The van der Waals surface area contributed by atoms with Gasteiger partial charge in [0.15, 0.2) is 0 Å². The third-order valence-electron chi connectivity index (χ3n) is 2.12. The lowest BCUT2D eigenvalue weighted by Crippen LogP contribution is -2.14. The summed E-state index contributed by atoms with van der Waals surface area (Å²) in [6.07, 6.45) is 1.29. The van der Waals surface area contributed by atoms with Crippen molar-refractivity contribution in [3.05, 3.63) is 16.9 Å². The van der Waals surface area contributed by atoms with Gasteiger partial charge in [0.05, 0.1) is 0 Å². The lowest BCUT2D eigenvalue weighted by atomic mass is 10.2. The van der Waals surface area contributed by atoms with E-state index in [2.05, 4.69) is 15.3 Å². The van der Waals surface area contributed by atoms with Crippen molar-refractivity contribution in [1.82, 2.24) is 9.97 Å². The van der Waals surface area contributed by atoms with Crippen molar-refractivity contribution in [2.75, 3.05) is 5.32 Å². The number of aliphatic carboxylic acids is 1. The molecule has 6 nitrogen and oxygen atoms in total. The monoisotopic (exact) mass is 271 g/mol. The van der Waals surface area contributed by atoms with E-state index in [0.29, 0.717) is 18.5 Å². The third kappa shape index (κ3) is 5.58. The minimum absolute atomic E-state index is 0.0695. The molecule has 0 fully saturated rings. The van der Waals surface area contributed by atoms with Crippen molar-refractivity contribution in [2.45, 2.75) is 32.6 Å². The zero-order chi connectivity index (χ0) is 13.5. The molecule has 0 radical (unpaired) electrons. The van der Waals surface area contributed by atoms with Crippen LogP contribution in [0.1, 0.15) is 31.4 Å². The fourth-order valence-electron chi connectivity index (χ4n) is 1.34. The van der Waals surface area contributed by atoms with Crippen LogP contribution in [-0.4, -0.2) is 27.0 Å². The molecule has 0 aliphatic heterocycles. The van der Waals surface area contributed by atoms with Gasteiger partial charge < -0.3 is 5.11 Å². The van der Waals surface area contributed by atoms with E-state index in [1.54, 1.807) is 13.0 Å². The number of nitrogens with one attached hydrogen (secondary N) is 1. The molecule has 1 heterocycles. The Morgan fingerprint density at radius 3 is 2.61 bits per heavy atom. The van der Waals surface area contributed by atoms with Crippen molar-refractivity contribution in [3.8, 4) is 0 Å². The van der Waals surface area contributed by atoms with Crippen LogP contribution in [-0.2, 0) is 9.59 Å². The van der Waals surface area contributed by atoms with E-state index in [-0.39, 0.29) is 29.9 Å². The highest BCUT2D eigenvalue weighted by atomic mass is 35.5. The molecular weight excluding hydrogens is 258 g/mol. The molecule has 0 saturated heterocycles. The summed E-state index contributed by atoms with van der Waals surface area (Å²) in [5, 5.41) is 11.2. The number of unbranched alkanes of at least 4 members (excludes halogenated alkanes) is 1. The van der Waals surface area contributed by atoms with Crippen LogP contribution in [0.2, 0.25) is 5.15 Å². The maximum Gasteiger partial charge on any atom is 0.303 e. The minimum Gasteiger partial charge on any atom is -0.481 e. The average molecular weight is 272 g/mol. The summed E-state index contributed by atoms with van der Waals surface area (Å²) in [5.74, 6) is -0.936. The molecule has 0 aliphatic carbocycles. The lowest BCUT2D eigenvalue weighted by molar-refractivity contribution is -0.137. The zero-order valence-corrected chi connectivity index (χ0v) is 10.7. The smallest absolute Gasteiger partial charge is 0.303 e. The summed E-state index contributed by atoms with van der Waals surface area (Å²) in [5.41, 5.74) is 0.663. The van der Waals surface area contributed by atoms with E-state index in [4.69, 9.17) is 16.7 Å². The second-order valence-corrected chi connectivity index (χ2v) is 4.19. The van der Waals surface area contributed by atoms with Crippen molar-refractivity contribution in [1.29, 1.82) is 0 Å². The molecule has 1 aromatic rings. The number of rotatable bonds is 6. The van der Waals surface area contributed by atoms with Crippen LogP contribution >= 0.6 is 11.6 Å². The van der Waals surface area contributed by atoms with Crippen LogP contribution in [0.3, 0.4) is 0 Å². The van der Waals surface area contributed by atoms with Crippen molar-refractivity contribution in [2.24, 2.45) is 0 Å². The van der Waals surface area contributed by atoms with Crippen LogP contribution in [0.5, 0.6) is 0 Å². The Balaban J connectivity index is 2.37. The number of carboxylic acid groups (broad SMARTS) is 1. The molecule has 2 N–H and O–H groups in total. The molecule has 0 atom stereocenters. The quantitative estimate of drug-likeness (QED) is 0.610. The van der Waals surface area contributed by atoms with Gasteiger partial charge >= 0.3 is 5.97 Å². The Bertz CT molecular complexity index is 431. The highest BCUT2D eigenvalue weighted by molar-refractivity contribution is 6.29. The van der Waals surface area contributed by atoms with Gasteiger partial charge in [0.2, 0.25) is 11.9 Å². The molecule has 0 aromatic carbocycles. The number of hydrogen-bond acceptors (Lipinski definition) is 4. The number of carboxylic acids is 1. The molecule has 98 valence electrons. The number of aromatic nitrogens is 2. The summed E-state index contributed by atoms with van der Waals surface area (Å²) in [6.45, 7) is 1.75. The zero-order valence-electron chi connectivity index (χ0n) is 9.94. The van der Waals surface area contributed by atoms with Crippen molar-refractivity contribution in [3.63, 3.8) is 0 Å². The lowest BCUT2D eigenvalue weighted by Gasteiger charge is -2.04. The first kappa shape index (κ1) is 14.4. The fraction of sp³-hybridized carbons (Fsp3) is 0.455. The summed E-state index contributed by atoms with van der Waals surface area (Å²) in [7, 11) is 0. The number of amides is 1. The highest BCUT2D eigenvalue weighted by Crippen LogP contribution is 2.10. The van der Waals surface area contributed by atoms with Gasteiger partial charge in [-0.15, -0.1) is 0 Å². The molecule has 18 heavy (non-hydrogen) atoms. The first-order chi connectivity index (χ1) is 8.47. The Morgan fingerprint density at radius 2 is 2.00 bits per heavy atom. The van der Waals surface area contributed by atoms with E-state index >= 15 is 0 Å². The van der Waals surface area contributed by atoms with E-state index in [1.807, 2.05) is 0 Å². The summed E-state index contributed by atoms with van der Waals surface area (Å²) < 4.78 is 0. The molecule has 0 bridgehead atoms. The normalized spacial score (nSPS) is 10.1. The van der Waals surface area contributed by atoms with Crippen molar-refractivity contribution >= 4 is 29.4 Å². The van der Waals surface area contributed by atoms with Crippen molar-refractivity contribution < 1.29 is 14.7 Å². The predicted molar refractivity (Wildman–Crippen MR) is 66.5 cm³/mol. The van der Waals surface area contributed by atoms with E-state index in [0.717, 1.165) is 0 Å². The fourth-order valence-corrected chi connectivity index (χ4v) is 1.57. The first-order valence-electron chi connectivity index (χ1n) is 5.50. The van der Waals surface area contributed by atoms with Gasteiger partial charge in [-0.05, 0) is 25.8 Å². The summed E-state index contributed by atoms with van der Waals surface area (Å²) >= 11 is 5.73. The van der Waals surface area contributed by atoms with Gasteiger partial charge in [-0.1, -0.05) is 11.6 Å². The number of carbonyl (C=O) groups is 2. The molecule has 0 unspecified atom stereocenters. The first-order valence-corrected chi connectivity index (χ1v) is 5.88. The molecule has 1 amide bonds. The molecule has 7 heteroatoms. The number of hydrogen-bond donors (Lipinski definition) is 2. The van der Waals surface area contributed by atoms with Crippen LogP contribution in [0.25, 0.3) is 0 Å². The van der Waals surface area contributed by atoms with Crippen LogP contribution in [0.4, 0.5) is 5.95 Å². The van der Waals surface area contributed by atoms with E-state index in [9.17, 15) is 9.59 Å². The topological polar surface area (TPSA) is 92.2 Å². The average Bonchev–Trinajstić information content (AvgIpc) is 2.22. The standard InChI is InChI=1S/C11H14ClN3O3/c1-7-6-8(12)14-11(13-7)15-9(16)4-2-3-5-10(17)18/h6H,2-5H2,1H3,(H,17,18)(H,13,14,15,16). The highest BCUT2D eigenvalue weighted by Gasteiger charge is 2.06. The third-order valence-corrected chi connectivity index (χ3v) is 2.31. The summed E-state index contributed by atoms with van der Waals surface area (Å²) in [4.78, 5) is 29.6. The maximum atomic E-state index is 11.5. The summed E-state index contributed by atoms with van der Waals surface area (Å²) in [6, 6.07) is 1.59. The number of halogens is 1. The number of nitrogens with zero attached hydrogens (tertiary/aromatic N) is 2. The maximum absolute atomic E-state index is 11.5. The molecule has 0 aliphatic rings. The Labute approximate surface area is 109 Å². The van der Waals surface area contributed by atoms with Gasteiger partial charge in [0, 0.05) is 18.5 Å². The van der Waals surface area contributed by atoms with Gasteiger partial charge in [0.1, 0.15) is 5.15 Å².